The highest BCUT2D eigenvalue weighted by Crippen LogP contribution is 2.22. The number of anilines is 1. The third kappa shape index (κ3) is 3.58. The molecule has 1 aromatic rings. The first-order valence-corrected chi connectivity index (χ1v) is 6.39. The van der Waals surface area contributed by atoms with E-state index < -0.39 is 16.3 Å². The van der Waals surface area contributed by atoms with Gasteiger partial charge in [0, 0.05) is 0 Å². The van der Waals surface area contributed by atoms with Crippen LogP contribution in [-0.4, -0.2) is 21.1 Å². The summed E-state index contributed by atoms with van der Waals surface area (Å²) in [5.74, 6) is 0. The quantitative estimate of drug-likeness (QED) is 0.470. The molecule has 0 aromatic heterocycles. The molecule has 0 heterocycles. The van der Waals surface area contributed by atoms with Gasteiger partial charge in [0.25, 0.3) is 6.47 Å². The van der Waals surface area contributed by atoms with E-state index in [1.807, 2.05) is 0 Å². The van der Waals surface area contributed by atoms with Crippen LogP contribution in [0.25, 0.3) is 0 Å². The lowest BCUT2D eigenvalue weighted by atomic mass is 10.3. The lowest BCUT2D eigenvalue weighted by Crippen LogP contribution is -2.34. The second kappa shape index (κ2) is 5.35. The number of hydrogen-bond donors (Lipinski definition) is 2. The first-order chi connectivity index (χ1) is 7.86. The third-order valence-corrected chi connectivity index (χ3v) is 3.71. The van der Waals surface area contributed by atoms with Gasteiger partial charge in [-0.25, -0.2) is 8.42 Å². The van der Waals surface area contributed by atoms with Gasteiger partial charge in [0.05, 0.1) is 15.6 Å². The molecule has 0 bridgehead atoms. The van der Waals surface area contributed by atoms with Crippen LogP contribution in [0, 0.1) is 0 Å². The Bertz CT molecular complexity index is 518. The molecule has 1 unspecified atom stereocenters. The lowest BCUT2D eigenvalue weighted by Gasteiger charge is -2.12. The fraction of sp³-hybridized carbons (Fsp3) is 0.222. The SMILES string of the molecule is CC(NS(=O)(=O)c1ccc(N)c(Cl)c1)OC=O. The van der Waals surface area contributed by atoms with Crippen LogP contribution in [0.2, 0.25) is 5.02 Å². The van der Waals surface area contributed by atoms with E-state index in [1.165, 1.54) is 25.1 Å². The summed E-state index contributed by atoms with van der Waals surface area (Å²) < 4.78 is 30.1. The van der Waals surface area contributed by atoms with E-state index in [0.29, 0.717) is 0 Å². The number of nitrogen functional groups attached to an aromatic ring is 1. The van der Waals surface area contributed by atoms with Gasteiger partial charge in [0.1, 0.15) is 0 Å². The molecule has 6 nitrogen and oxygen atoms in total. The van der Waals surface area contributed by atoms with Crippen LogP contribution in [0.3, 0.4) is 0 Å². The zero-order valence-corrected chi connectivity index (χ0v) is 10.5. The number of nitrogens with two attached hydrogens (primary N) is 1. The molecule has 1 aromatic carbocycles. The zero-order chi connectivity index (χ0) is 13.1. The summed E-state index contributed by atoms with van der Waals surface area (Å²) in [4.78, 5) is 9.98. The van der Waals surface area contributed by atoms with E-state index >= 15 is 0 Å². The Morgan fingerprint density at radius 1 is 1.53 bits per heavy atom. The minimum Gasteiger partial charge on any atom is -0.448 e. The van der Waals surface area contributed by atoms with Gasteiger partial charge >= 0.3 is 0 Å². The van der Waals surface area contributed by atoms with E-state index in [-0.39, 0.29) is 22.1 Å². The fourth-order valence-electron chi connectivity index (χ4n) is 1.07. The van der Waals surface area contributed by atoms with Crippen LogP contribution in [0.4, 0.5) is 5.69 Å². The Kier molecular flexibility index (Phi) is 4.33. The predicted octanol–water partition coefficient (Wildman–Crippen LogP) is 0.720. The molecule has 94 valence electrons. The van der Waals surface area contributed by atoms with Crippen molar-refractivity contribution < 1.29 is 17.9 Å². The van der Waals surface area contributed by atoms with Gasteiger partial charge in [-0.2, -0.15) is 4.72 Å². The van der Waals surface area contributed by atoms with Crippen molar-refractivity contribution >= 4 is 33.8 Å². The molecular weight excluding hydrogens is 268 g/mol. The van der Waals surface area contributed by atoms with Crippen LogP contribution in [0.5, 0.6) is 0 Å². The number of sulfonamides is 1. The molecule has 0 amide bonds. The maximum atomic E-state index is 11.8. The standard InChI is InChI=1S/C9H11ClN2O4S/c1-6(16-5-13)12-17(14,15)7-2-3-9(11)8(10)4-7/h2-6,12H,11H2,1H3. The van der Waals surface area contributed by atoms with E-state index in [0.717, 1.165) is 0 Å². The average molecular weight is 279 g/mol. The van der Waals surface area contributed by atoms with Crippen LogP contribution >= 0.6 is 11.6 Å². The van der Waals surface area contributed by atoms with Crippen molar-refractivity contribution in [1.82, 2.24) is 4.72 Å². The molecule has 0 aliphatic rings. The van der Waals surface area contributed by atoms with Gasteiger partial charge in [-0.05, 0) is 25.1 Å². The van der Waals surface area contributed by atoms with Crippen molar-refractivity contribution in [3.05, 3.63) is 23.2 Å². The summed E-state index contributed by atoms with van der Waals surface area (Å²) in [5, 5.41) is 0.136. The Morgan fingerprint density at radius 2 is 2.18 bits per heavy atom. The molecule has 0 radical (unpaired) electrons. The van der Waals surface area contributed by atoms with Gasteiger partial charge < -0.3 is 10.5 Å². The Hall–Kier alpha value is -1.31. The van der Waals surface area contributed by atoms with Crippen LogP contribution in [-0.2, 0) is 19.6 Å². The van der Waals surface area contributed by atoms with E-state index in [4.69, 9.17) is 17.3 Å². The third-order valence-electron chi connectivity index (χ3n) is 1.86. The Labute approximate surface area is 104 Å². The first-order valence-electron chi connectivity index (χ1n) is 4.53. The summed E-state index contributed by atoms with van der Waals surface area (Å²) in [6.07, 6.45) is -0.964. The molecule has 17 heavy (non-hydrogen) atoms. The molecule has 0 spiro atoms. The maximum absolute atomic E-state index is 11.8. The molecule has 0 aliphatic heterocycles. The van der Waals surface area contributed by atoms with E-state index in [1.54, 1.807) is 0 Å². The first kappa shape index (κ1) is 13.8. The molecule has 0 saturated heterocycles. The highest BCUT2D eigenvalue weighted by atomic mass is 35.5. The second-order valence-corrected chi connectivity index (χ2v) is 5.30. The smallest absolute Gasteiger partial charge is 0.294 e. The molecular formula is C9H11ClN2O4S. The van der Waals surface area contributed by atoms with Gasteiger partial charge in [0.2, 0.25) is 10.0 Å². The summed E-state index contributed by atoms with van der Waals surface area (Å²) >= 11 is 5.71. The van der Waals surface area contributed by atoms with Gasteiger partial charge in [-0.3, -0.25) is 4.79 Å². The van der Waals surface area contributed by atoms with Crippen LogP contribution < -0.4 is 10.5 Å². The van der Waals surface area contributed by atoms with Crippen molar-refractivity contribution in [3.63, 3.8) is 0 Å². The average Bonchev–Trinajstić information content (AvgIpc) is 2.21. The lowest BCUT2D eigenvalue weighted by molar-refractivity contribution is -0.133. The van der Waals surface area contributed by atoms with Crippen LogP contribution in [0.1, 0.15) is 6.92 Å². The highest BCUT2D eigenvalue weighted by molar-refractivity contribution is 7.89. The van der Waals surface area contributed by atoms with Crippen molar-refractivity contribution in [2.45, 2.75) is 18.0 Å². The second-order valence-electron chi connectivity index (χ2n) is 3.18. The normalized spacial score (nSPS) is 13.1. The molecule has 1 atom stereocenters. The topological polar surface area (TPSA) is 98.5 Å². The summed E-state index contributed by atoms with van der Waals surface area (Å²) in [6.45, 7) is 1.54. The monoisotopic (exact) mass is 278 g/mol. The Morgan fingerprint density at radius 3 is 2.71 bits per heavy atom. The number of rotatable bonds is 5. The number of halogens is 1. The number of ether oxygens (including phenoxy) is 1. The van der Waals surface area contributed by atoms with Gasteiger partial charge in [-0.1, -0.05) is 11.6 Å². The predicted molar refractivity (Wildman–Crippen MR) is 62.8 cm³/mol. The summed E-state index contributed by atoms with van der Waals surface area (Å²) in [6, 6.07) is 3.90. The molecule has 1 rings (SSSR count). The number of carbonyl (C=O) groups excluding carboxylic acids is 1. The minimum atomic E-state index is -3.79. The number of carbonyl (C=O) groups is 1. The highest BCUT2D eigenvalue weighted by Gasteiger charge is 2.18. The van der Waals surface area contributed by atoms with Gasteiger partial charge in [-0.15, -0.1) is 0 Å². The van der Waals surface area contributed by atoms with Crippen LogP contribution in [0.15, 0.2) is 23.1 Å². The van der Waals surface area contributed by atoms with Crippen molar-refractivity contribution in [2.75, 3.05) is 5.73 Å². The summed E-state index contributed by atoms with van der Waals surface area (Å²) in [5.41, 5.74) is 5.74. The number of nitrogens with one attached hydrogen (secondary N) is 1. The zero-order valence-electron chi connectivity index (χ0n) is 8.88. The minimum absolute atomic E-state index is 0.0574. The fourth-order valence-corrected chi connectivity index (χ4v) is 2.47. The molecule has 0 saturated carbocycles. The Balaban J connectivity index is 2.97. The molecule has 0 aliphatic carbocycles. The van der Waals surface area contributed by atoms with Crippen molar-refractivity contribution in [3.8, 4) is 0 Å². The molecule has 3 N–H and O–H groups in total. The molecule has 8 heteroatoms. The summed E-state index contributed by atoms with van der Waals surface area (Å²) in [7, 11) is -3.79. The van der Waals surface area contributed by atoms with Crippen molar-refractivity contribution in [1.29, 1.82) is 0 Å². The van der Waals surface area contributed by atoms with Gasteiger partial charge in [0.15, 0.2) is 6.23 Å². The molecule has 0 fully saturated rings. The largest absolute Gasteiger partial charge is 0.448 e. The van der Waals surface area contributed by atoms with E-state index in [9.17, 15) is 13.2 Å². The van der Waals surface area contributed by atoms with E-state index in [2.05, 4.69) is 9.46 Å². The van der Waals surface area contributed by atoms with Crippen molar-refractivity contribution in [2.24, 2.45) is 0 Å². The number of hydrogen-bond acceptors (Lipinski definition) is 5. The number of benzene rings is 1. The maximum Gasteiger partial charge on any atom is 0.294 e.